The van der Waals surface area contributed by atoms with Gasteiger partial charge in [0.1, 0.15) is 0 Å². The van der Waals surface area contributed by atoms with E-state index in [1.807, 2.05) is 36.4 Å². The highest BCUT2D eigenvalue weighted by Crippen LogP contribution is 1.99. The number of benzene rings is 1. The van der Waals surface area contributed by atoms with Crippen molar-refractivity contribution in [3.05, 3.63) is 54.2 Å². The van der Waals surface area contributed by atoms with Crippen molar-refractivity contribution in [1.82, 2.24) is 5.32 Å². The minimum atomic E-state index is -0.155. The highest BCUT2D eigenvalue weighted by molar-refractivity contribution is 5.93. The molecule has 0 unspecified atom stereocenters. The molecule has 1 rings (SSSR count). The van der Waals surface area contributed by atoms with Crippen molar-refractivity contribution in [1.29, 1.82) is 0 Å². The topological polar surface area (TPSA) is 29.1 Å². The first-order valence-electron chi connectivity index (χ1n) is 4.38. The maximum Gasteiger partial charge on any atom is 0.250 e. The first kappa shape index (κ1) is 10.3. The van der Waals surface area contributed by atoms with Crippen molar-refractivity contribution in [2.75, 3.05) is 0 Å². The van der Waals surface area contributed by atoms with Crippen LogP contribution in [-0.4, -0.2) is 5.91 Å². The Morgan fingerprint density at radius 3 is 2.57 bits per heavy atom. The molecule has 1 amide bonds. The van der Waals surface area contributed by atoms with Crippen LogP contribution >= 0.6 is 0 Å². The van der Waals surface area contributed by atoms with Gasteiger partial charge >= 0.3 is 0 Å². The highest BCUT2D eigenvalue weighted by atomic mass is 16.1. The third-order valence-corrected chi connectivity index (χ3v) is 1.68. The minimum absolute atomic E-state index is 0.155. The van der Waals surface area contributed by atoms with Gasteiger partial charge in [0.05, 0.1) is 0 Å². The molecule has 1 aromatic rings. The lowest BCUT2D eigenvalue weighted by Crippen LogP contribution is -2.16. The van der Waals surface area contributed by atoms with Gasteiger partial charge in [-0.25, -0.2) is 0 Å². The Kier molecular flexibility index (Phi) is 3.68. The number of hydrogen-bond acceptors (Lipinski definition) is 1. The zero-order valence-electron chi connectivity index (χ0n) is 8.16. The molecule has 14 heavy (non-hydrogen) atoms. The fourth-order valence-corrected chi connectivity index (χ4v) is 0.901. The summed E-state index contributed by atoms with van der Waals surface area (Å²) in [7, 11) is 0. The zero-order chi connectivity index (χ0) is 10.4. The summed E-state index contributed by atoms with van der Waals surface area (Å²) in [5.74, 6) is -0.155. The number of carbonyl (C=O) groups is 1. The summed E-state index contributed by atoms with van der Waals surface area (Å²) in [6, 6.07) is 9.76. The number of amides is 1. The molecule has 0 aliphatic carbocycles. The van der Waals surface area contributed by atoms with E-state index < -0.39 is 0 Å². The Bertz CT molecular complexity index is 352. The molecule has 1 aromatic carbocycles. The SMILES string of the molecule is C=C(C)C(=O)N/C=C/c1ccccc1. The lowest BCUT2D eigenvalue weighted by molar-refractivity contribution is -0.116. The summed E-state index contributed by atoms with van der Waals surface area (Å²) in [6.07, 6.45) is 3.45. The van der Waals surface area contributed by atoms with E-state index in [0.29, 0.717) is 5.57 Å². The fraction of sp³-hybridized carbons (Fsp3) is 0.0833. The molecule has 0 saturated carbocycles. The standard InChI is InChI=1S/C12H13NO/c1-10(2)12(14)13-9-8-11-6-4-3-5-7-11/h3-9H,1H2,2H3,(H,13,14)/b9-8+. The number of hydrogen-bond donors (Lipinski definition) is 1. The molecule has 1 N–H and O–H groups in total. The van der Waals surface area contributed by atoms with Crippen LogP contribution in [0.2, 0.25) is 0 Å². The molecule has 0 bridgehead atoms. The van der Waals surface area contributed by atoms with E-state index in [0.717, 1.165) is 5.56 Å². The van der Waals surface area contributed by atoms with Crippen LogP contribution in [0.25, 0.3) is 6.08 Å². The highest BCUT2D eigenvalue weighted by Gasteiger charge is 1.95. The van der Waals surface area contributed by atoms with Crippen LogP contribution < -0.4 is 5.32 Å². The van der Waals surface area contributed by atoms with E-state index in [9.17, 15) is 4.79 Å². The van der Waals surface area contributed by atoms with Crippen LogP contribution in [0, 0.1) is 0 Å². The molecule has 0 atom stereocenters. The van der Waals surface area contributed by atoms with Gasteiger partial charge in [-0.1, -0.05) is 36.9 Å². The van der Waals surface area contributed by atoms with Gasteiger partial charge in [-0.2, -0.15) is 0 Å². The zero-order valence-corrected chi connectivity index (χ0v) is 8.16. The van der Waals surface area contributed by atoms with Gasteiger partial charge in [0.2, 0.25) is 5.91 Å². The van der Waals surface area contributed by atoms with Crippen molar-refractivity contribution in [3.63, 3.8) is 0 Å². The summed E-state index contributed by atoms with van der Waals surface area (Å²) in [5.41, 5.74) is 1.55. The number of rotatable bonds is 3. The van der Waals surface area contributed by atoms with Crippen molar-refractivity contribution in [2.45, 2.75) is 6.92 Å². The minimum Gasteiger partial charge on any atom is -0.329 e. The van der Waals surface area contributed by atoms with E-state index in [4.69, 9.17) is 0 Å². The van der Waals surface area contributed by atoms with Crippen LogP contribution in [0.1, 0.15) is 12.5 Å². The predicted octanol–water partition coefficient (Wildman–Crippen LogP) is 2.35. The lowest BCUT2D eigenvalue weighted by atomic mass is 10.2. The van der Waals surface area contributed by atoms with Crippen LogP contribution in [0.15, 0.2) is 48.7 Å². The summed E-state index contributed by atoms with van der Waals surface area (Å²) in [5, 5.41) is 2.61. The van der Waals surface area contributed by atoms with Gasteiger partial charge in [0.15, 0.2) is 0 Å². The maximum atomic E-state index is 11.1. The van der Waals surface area contributed by atoms with Gasteiger partial charge < -0.3 is 5.32 Å². The molecular formula is C12H13NO. The average molecular weight is 187 g/mol. The lowest BCUT2D eigenvalue weighted by Gasteiger charge is -1.97. The fourth-order valence-electron chi connectivity index (χ4n) is 0.901. The first-order valence-corrected chi connectivity index (χ1v) is 4.38. The summed E-state index contributed by atoms with van der Waals surface area (Å²) < 4.78 is 0. The Labute approximate surface area is 84.0 Å². The van der Waals surface area contributed by atoms with Crippen LogP contribution in [0.5, 0.6) is 0 Å². The van der Waals surface area contributed by atoms with Gasteiger partial charge in [0.25, 0.3) is 0 Å². The third kappa shape index (κ3) is 3.27. The van der Waals surface area contributed by atoms with Gasteiger partial charge in [-0.05, 0) is 18.6 Å². The van der Waals surface area contributed by atoms with Crippen LogP contribution in [0.4, 0.5) is 0 Å². The maximum absolute atomic E-state index is 11.1. The molecule has 0 spiro atoms. The van der Waals surface area contributed by atoms with Crippen LogP contribution in [-0.2, 0) is 4.79 Å². The molecule has 0 radical (unpaired) electrons. The second-order valence-corrected chi connectivity index (χ2v) is 3.00. The third-order valence-electron chi connectivity index (χ3n) is 1.68. The van der Waals surface area contributed by atoms with E-state index in [-0.39, 0.29) is 5.91 Å². The molecule has 0 aromatic heterocycles. The van der Waals surface area contributed by atoms with Gasteiger partial charge in [-0.15, -0.1) is 0 Å². The van der Waals surface area contributed by atoms with Crippen molar-refractivity contribution in [2.24, 2.45) is 0 Å². The molecule has 0 fully saturated rings. The molecule has 0 saturated heterocycles. The molecule has 2 nitrogen and oxygen atoms in total. The normalized spacial score (nSPS) is 10.1. The van der Waals surface area contributed by atoms with Gasteiger partial charge in [0, 0.05) is 11.8 Å². The molecule has 0 heterocycles. The van der Waals surface area contributed by atoms with E-state index in [2.05, 4.69) is 11.9 Å². The number of carbonyl (C=O) groups excluding carboxylic acids is 1. The van der Waals surface area contributed by atoms with E-state index >= 15 is 0 Å². The van der Waals surface area contributed by atoms with Crippen LogP contribution in [0.3, 0.4) is 0 Å². The van der Waals surface area contributed by atoms with E-state index in [1.54, 1.807) is 13.1 Å². The molecule has 2 heteroatoms. The van der Waals surface area contributed by atoms with Crippen molar-refractivity contribution < 1.29 is 4.79 Å². The van der Waals surface area contributed by atoms with Crippen molar-refractivity contribution >= 4 is 12.0 Å². The first-order chi connectivity index (χ1) is 6.70. The largest absolute Gasteiger partial charge is 0.329 e. The second kappa shape index (κ2) is 5.02. The smallest absolute Gasteiger partial charge is 0.250 e. The Morgan fingerprint density at radius 1 is 1.36 bits per heavy atom. The van der Waals surface area contributed by atoms with E-state index in [1.165, 1.54) is 0 Å². The molecule has 72 valence electrons. The average Bonchev–Trinajstić information content (AvgIpc) is 2.19. The summed E-state index contributed by atoms with van der Waals surface area (Å²) in [6.45, 7) is 5.21. The Balaban J connectivity index is 2.50. The summed E-state index contributed by atoms with van der Waals surface area (Å²) >= 11 is 0. The Hall–Kier alpha value is -1.83. The molecule has 0 aliphatic heterocycles. The summed E-state index contributed by atoms with van der Waals surface area (Å²) in [4.78, 5) is 11.1. The predicted molar refractivity (Wildman–Crippen MR) is 58.4 cm³/mol. The second-order valence-electron chi connectivity index (χ2n) is 3.00. The monoisotopic (exact) mass is 187 g/mol. The molecular weight excluding hydrogens is 174 g/mol. The Morgan fingerprint density at radius 2 is 2.00 bits per heavy atom. The quantitative estimate of drug-likeness (QED) is 0.723. The van der Waals surface area contributed by atoms with Gasteiger partial charge in [-0.3, -0.25) is 4.79 Å². The van der Waals surface area contributed by atoms with Crippen molar-refractivity contribution in [3.8, 4) is 0 Å². The number of nitrogens with one attached hydrogen (secondary N) is 1. The molecule has 0 aliphatic rings.